The second kappa shape index (κ2) is 10.9. The number of methoxy groups -OCH3 is 1. The second-order valence-electron chi connectivity index (χ2n) is 3.83. The summed E-state index contributed by atoms with van der Waals surface area (Å²) in [5, 5.41) is 2.79. The fourth-order valence-corrected chi connectivity index (χ4v) is 1.09. The molecule has 16 heavy (non-hydrogen) atoms. The van der Waals surface area contributed by atoms with Gasteiger partial charge in [-0.15, -0.1) is 0 Å². The number of rotatable bonds is 10. The summed E-state index contributed by atoms with van der Waals surface area (Å²) in [7, 11) is 1.63. The van der Waals surface area contributed by atoms with Crippen LogP contribution in [-0.4, -0.2) is 45.9 Å². The Kier molecular flexibility index (Phi) is 10.4. The summed E-state index contributed by atoms with van der Waals surface area (Å²) < 4.78 is 10.0. The number of nitrogens with two attached hydrogens (primary N) is 1. The molecule has 1 unspecified atom stereocenters. The third kappa shape index (κ3) is 9.89. The molecular weight excluding hydrogens is 208 g/mol. The molecule has 0 saturated carbocycles. The molecule has 5 heteroatoms. The summed E-state index contributed by atoms with van der Waals surface area (Å²) in [6.07, 6.45) is 1.38. The maximum absolute atomic E-state index is 11.3. The molecule has 1 amide bonds. The Morgan fingerprint density at radius 3 is 2.75 bits per heavy atom. The summed E-state index contributed by atoms with van der Waals surface area (Å²) in [6.45, 7) is 4.91. The normalized spacial score (nSPS) is 12.4. The minimum Gasteiger partial charge on any atom is -0.382 e. The van der Waals surface area contributed by atoms with Crippen molar-refractivity contribution in [1.82, 2.24) is 5.32 Å². The van der Waals surface area contributed by atoms with Crippen molar-refractivity contribution < 1.29 is 14.3 Å². The zero-order chi connectivity index (χ0) is 12.2. The van der Waals surface area contributed by atoms with Gasteiger partial charge in [0.25, 0.3) is 0 Å². The lowest BCUT2D eigenvalue weighted by atomic mass is 10.1. The Balaban J connectivity index is 3.24. The van der Waals surface area contributed by atoms with Crippen LogP contribution in [0.3, 0.4) is 0 Å². The molecule has 0 aliphatic carbocycles. The Bertz CT molecular complexity index is 177. The molecule has 1 atom stereocenters. The predicted molar refractivity (Wildman–Crippen MR) is 63.2 cm³/mol. The summed E-state index contributed by atoms with van der Waals surface area (Å²) in [5.74, 6) is 0.472. The molecule has 0 aliphatic heterocycles. The fourth-order valence-electron chi connectivity index (χ4n) is 1.09. The Hall–Kier alpha value is -0.650. The van der Waals surface area contributed by atoms with Crippen LogP contribution in [0, 0.1) is 5.92 Å². The standard InChI is InChI=1S/C11H24N2O3/c1-10(9-12)3-4-11(14)13-5-6-16-8-7-15-2/h10H,3-9,12H2,1-2H3,(H,13,14). The van der Waals surface area contributed by atoms with Crippen LogP contribution in [0.4, 0.5) is 0 Å². The van der Waals surface area contributed by atoms with Gasteiger partial charge < -0.3 is 20.5 Å². The molecule has 0 bridgehead atoms. The molecule has 0 spiro atoms. The Morgan fingerprint density at radius 2 is 2.12 bits per heavy atom. The van der Waals surface area contributed by atoms with E-state index in [4.69, 9.17) is 15.2 Å². The van der Waals surface area contributed by atoms with Gasteiger partial charge in [0, 0.05) is 20.1 Å². The van der Waals surface area contributed by atoms with E-state index in [0.29, 0.717) is 45.2 Å². The van der Waals surface area contributed by atoms with Gasteiger partial charge in [-0.2, -0.15) is 0 Å². The van der Waals surface area contributed by atoms with E-state index in [1.165, 1.54) is 0 Å². The van der Waals surface area contributed by atoms with E-state index in [2.05, 4.69) is 5.32 Å². The molecule has 0 fully saturated rings. The van der Waals surface area contributed by atoms with Gasteiger partial charge in [0.1, 0.15) is 0 Å². The average Bonchev–Trinajstić information content (AvgIpc) is 2.30. The SMILES string of the molecule is COCCOCCNC(=O)CCC(C)CN. The zero-order valence-electron chi connectivity index (χ0n) is 10.3. The van der Waals surface area contributed by atoms with Gasteiger partial charge >= 0.3 is 0 Å². The molecular formula is C11H24N2O3. The molecule has 0 radical (unpaired) electrons. The van der Waals surface area contributed by atoms with E-state index in [9.17, 15) is 4.79 Å². The van der Waals surface area contributed by atoms with Crippen LogP contribution in [0.15, 0.2) is 0 Å². The van der Waals surface area contributed by atoms with E-state index in [1.54, 1.807) is 7.11 Å². The molecule has 96 valence electrons. The molecule has 0 aromatic rings. The minimum absolute atomic E-state index is 0.0654. The average molecular weight is 232 g/mol. The lowest BCUT2D eigenvalue weighted by Crippen LogP contribution is -2.28. The number of carbonyl (C=O) groups is 1. The first-order valence-corrected chi connectivity index (χ1v) is 5.74. The third-order valence-electron chi connectivity index (χ3n) is 2.27. The summed E-state index contributed by atoms with van der Waals surface area (Å²) in [6, 6.07) is 0. The molecule has 0 aromatic heterocycles. The van der Waals surface area contributed by atoms with Crippen LogP contribution in [-0.2, 0) is 14.3 Å². The number of hydrogen-bond acceptors (Lipinski definition) is 4. The first kappa shape index (κ1) is 15.3. The van der Waals surface area contributed by atoms with E-state index >= 15 is 0 Å². The van der Waals surface area contributed by atoms with E-state index in [0.717, 1.165) is 6.42 Å². The van der Waals surface area contributed by atoms with Crippen LogP contribution < -0.4 is 11.1 Å². The van der Waals surface area contributed by atoms with E-state index in [-0.39, 0.29) is 5.91 Å². The van der Waals surface area contributed by atoms with Crippen LogP contribution in [0.1, 0.15) is 19.8 Å². The number of amides is 1. The molecule has 0 saturated heterocycles. The Labute approximate surface area is 97.7 Å². The quantitative estimate of drug-likeness (QED) is 0.525. The molecule has 5 nitrogen and oxygen atoms in total. The van der Waals surface area contributed by atoms with Crippen molar-refractivity contribution in [3.8, 4) is 0 Å². The molecule has 0 aliphatic rings. The van der Waals surface area contributed by atoms with E-state index < -0.39 is 0 Å². The Morgan fingerprint density at radius 1 is 1.38 bits per heavy atom. The summed E-state index contributed by atoms with van der Waals surface area (Å²) in [4.78, 5) is 11.3. The zero-order valence-corrected chi connectivity index (χ0v) is 10.3. The first-order valence-electron chi connectivity index (χ1n) is 5.74. The maximum atomic E-state index is 11.3. The monoisotopic (exact) mass is 232 g/mol. The van der Waals surface area contributed by atoms with Gasteiger partial charge in [0.2, 0.25) is 5.91 Å². The van der Waals surface area contributed by atoms with Crippen molar-refractivity contribution in [2.24, 2.45) is 11.7 Å². The third-order valence-corrected chi connectivity index (χ3v) is 2.27. The van der Waals surface area contributed by atoms with Crippen LogP contribution in [0.25, 0.3) is 0 Å². The van der Waals surface area contributed by atoms with Gasteiger partial charge in [-0.3, -0.25) is 4.79 Å². The van der Waals surface area contributed by atoms with Crippen molar-refractivity contribution in [1.29, 1.82) is 0 Å². The summed E-state index contributed by atoms with van der Waals surface area (Å²) >= 11 is 0. The van der Waals surface area contributed by atoms with E-state index in [1.807, 2.05) is 6.92 Å². The minimum atomic E-state index is 0.0654. The lowest BCUT2D eigenvalue weighted by molar-refractivity contribution is -0.121. The largest absolute Gasteiger partial charge is 0.382 e. The van der Waals surface area contributed by atoms with Crippen molar-refractivity contribution in [2.45, 2.75) is 19.8 Å². The number of carbonyl (C=O) groups excluding carboxylic acids is 1. The highest BCUT2D eigenvalue weighted by Crippen LogP contribution is 2.02. The van der Waals surface area contributed by atoms with Crippen molar-refractivity contribution >= 4 is 5.91 Å². The molecule has 0 rings (SSSR count). The molecule has 3 N–H and O–H groups in total. The van der Waals surface area contributed by atoms with Crippen molar-refractivity contribution in [3.63, 3.8) is 0 Å². The number of ether oxygens (including phenoxy) is 2. The number of hydrogen-bond donors (Lipinski definition) is 2. The highest BCUT2D eigenvalue weighted by Gasteiger charge is 2.04. The van der Waals surface area contributed by atoms with Crippen LogP contribution in [0.5, 0.6) is 0 Å². The predicted octanol–water partition coefficient (Wildman–Crippen LogP) is 0.141. The molecule has 0 aromatic carbocycles. The van der Waals surface area contributed by atoms with Gasteiger partial charge in [0.15, 0.2) is 0 Å². The fraction of sp³-hybridized carbons (Fsp3) is 0.909. The smallest absolute Gasteiger partial charge is 0.220 e. The topological polar surface area (TPSA) is 73.6 Å². The highest BCUT2D eigenvalue weighted by molar-refractivity contribution is 5.75. The van der Waals surface area contributed by atoms with Crippen LogP contribution >= 0.6 is 0 Å². The van der Waals surface area contributed by atoms with Crippen molar-refractivity contribution in [3.05, 3.63) is 0 Å². The van der Waals surface area contributed by atoms with Gasteiger partial charge in [-0.1, -0.05) is 6.92 Å². The van der Waals surface area contributed by atoms with Gasteiger partial charge in [0.05, 0.1) is 19.8 Å². The maximum Gasteiger partial charge on any atom is 0.220 e. The highest BCUT2D eigenvalue weighted by atomic mass is 16.5. The van der Waals surface area contributed by atoms with Crippen molar-refractivity contribution in [2.75, 3.05) is 40.0 Å². The summed E-state index contributed by atoms with van der Waals surface area (Å²) in [5.41, 5.74) is 5.46. The van der Waals surface area contributed by atoms with Crippen LogP contribution in [0.2, 0.25) is 0 Å². The number of nitrogens with one attached hydrogen (secondary N) is 1. The first-order chi connectivity index (χ1) is 7.70. The second-order valence-corrected chi connectivity index (χ2v) is 3.83. The van der Waals surface area contributed by atoms with Gasteiger partial charge in [-0.25, -0.2) is 0 Å². The molecule has 0 heterocycles. The van der Waals surface area contributed by atoms with Gasteiger partial charge in [-0.05, 0) is 18.9 Å². The lowest BCUT2D eigenvalue weighted by Gasteiger charge is -2.08.